The van der Waals surface area contributed by atoms with Crippen LogP contribution in [0.1, 0.15) is 16.2 Å². The van der Waals surface area contributed by atoms with E-state index in [4.69, 9.17) is 0 Å². The van der Waals surface area contributed by atoms with Gasteiger partial charge in [-0.25, -0.2) is 9.97 Å². The molecule has 0 aromatic carbocycles. The normalized spacial score (nSPS) is 11.8. The standard InChI is InChI=1S/C11H5F3N4O2S/c12-11(13,14)8-3-7-6(4-15-8)16-10(21-7)17-9(19)5-1-2-20-18-5/h1-4H,(H,16,17,19). The molecular weight excluding hydrogens is 309 g/mol. The highest BCUT2D eigenvalue weighted by atomic mass is 32.1. The van der Waals surface area contributed by atoms with Crippen LogP contribution in [0.4, 0.5) is 18.3 Å². The fraction of sp³-hybridized carbons (Fsp3) is 0.0909. The maximum atomic E-state index is 12.6. The predicted octanol–water partition coefficient (Wildman–Crippen LogP) is 2.95. The third kappa shape index (κ3) is 2.70. The maximum Gasteiger partial charge on any atom is 0.433 e. The van der Waals surface area contributed by atoms with Crippen molar-refractivity contribution in [1.82, 2.24) is 15.1 Å². The lowest BCUT2D eigenvalue weighted by molar-refractivity contribution is -0.141. The highest BCUT2D eigenvalue weighted by Crippen LogP contribution is 2.32. The Morgan fingerprint density at radius 2 is 2.19 bits per heavy atom. The number of carbonyl (C=O) groups is 1. The van der Waals surface area contributed by atoms with Gasteiger partial charge in [0.2, 0.25) is 0 Å². The molecule has 0 aliphatic rings. The van der Waals surface area contributed by atoms with Gasteiger partial charge in [0.05, 0.1) is 10.9 Å². The Labute approximate surface area is 118 Å². The van der Waals surface area contributed by atoms with E-state index in [2.05, 4.69) is 25.0 Å². The molecule has 3 rings (SSSR count). The number of carbonyl (C=O) groups excluding carboxylic acids is 1. The molecule has 0 aliphatic carbocycles. The molecule has 3 aromatic heterocycles. The number of rotatable bonds is 2. The summed E-state index contributed by atoms with van der Waals surface area (Å²) in [5, 5.41) is 6.02. The minimum Gasteiger partial charge on any atom is -0.364 e. The molecule has 0 saturated carbocycles. The number of hydrogen-bond acceptors (Lipinski definition) is 6. The number of thiazole rings is 1. The average molecular weight is 314 g/mol. The molecule has 0 saturated heterocycles. The number of amides is 1. The highest BCUT2D eigenvalue weighted by Gasteiger charge is 2.32. The van der Waals surface area contributed by atoms with Gasteiger partial charge in [0.1, 0.15) is 17.5 Å². The van der Waals surface area contributed by atoms with Gasteiger partial charge in [-0.05, 0) is 6.07 Å². The Morgan fingerprint density at radius 1 is 1.38 bits per heavy atom. The monoisotopic (exact) mass is 314 g/mol. The van der Waals surface area contributed by atoms with Gasteiger partial charge < -0.3 is 4.52 Å². The lowest BCUT2D eigenvalue weighted by Crippen LogP contribution is -2.11. The van der Waals surface area contributed by atoms with Gasteiger partial charge in [-0.15, -0.1) is 0 Å². The summed E-state index contributed by atoms with van der Waals surface area (Å²) in [6, 6.07) is 2.24. The summed E-state index contributed by atoms with van der Waals surface area (Å²) in [7, 11) is 0. The first-order valence-electron chi connectivity index (χ1n) is 5.49. The summed E-state index contributed by atoms with van der Waals surface area (Å²) >= 11 is 0.912. The van der Waals surface area contributed by atoms with Crippen LogP contribution in [0.25, 0.3) is 10.2 Å². The molecule has 108 valence electrons. The summed E-state index contributed by atoms with van der Waals surface area (Å²) in [6.45, 7) is 0. The van der Waals surface area contributed by atoms with Crippen molar-refractivity contribution in [2.45, 2.75) is 6.18 Å². The van der Waals surface area contributed by atoms with E-state index < -0.39 is 17.8 Å². The number of halogens is 3. The fourth-order valence-electron chi connectivity index (χ4n) is 1.53. The van der Waals surface area contributed by atoms with E-state index in [0.717, 1.165) is 23.6 Å². The molecular formula is C11H5F3N4O2S. The second-order valence-corrected chi connectivity index (χ2v) is 4.92. The van der Waals surface area contributed by atoms with Crippen molar-refractivity contribution in [2.24, 2.45) is 0 Å². The molecule has 0 fully saturated rings. The quantitative estimate of drug-likeness (QED) is 0.786. The molecule has 10 heteroatoms. The van der Waals surface area contributed by atoms with Crippen molar-refractivity contribution in [1.29, 1.82) is 0 Å². The first kappa shape index (κ1) is 13.5. The number of anilines is 1. The van der Waals surface area contributed by atoms with Gasteiger partial charge in [-0.1, -0.05) is 16.5 Å². The first-order valence-corrected chi connectivity index (χ1v) is 6.30. The van der Waals surface area contributed by atoms with Crippen molar-refractivity contribution in [3.8, 4) is 0 Å². The minimum atomic E-state index is -4.53. The third-order valence-electron chi connectivity index (χ3n) is 2.46. The summed E-state index contributed by atoms with van der Waals surface area (Å²) in [5.74, 6) is -0.563. The molecule has 0 bridgehead atoms. The Morgan fingerprint density at radius 3 is 2.86 bits per heavy atom. The number of hydrogen-bond donors (Lipinski definition) is 1. The van der Waals surface area contributed by atoms with Gasteiger partial charge in [-0.3, -0.25) is 10.1 Å². The summed E-state index contributed by atoms with van der Waals surface area (Å²) in [4.78, 5) is 19.0. The largest absolute Gasteiger partial charge is 0.433 e. The van der Waals surface area contributed by atoms with Crippen LogP contribution in [-0.4, -0.2) is 21.0 Å². The number of nitrogens with zero attached hydrogens (tertiary/aromatic N) is 3. The second kappa shape index (κ2) is 4.81. The average Bonchev–Trinajstić information content (AvgIpc) is 3.05. The Balaban J connectivity index is 1.89. The van der Waals surface area contributed by atoms with Crippen molar-refractivity contribution >= 4 is 32.6 Å². The zero-order chi connectivity index (χ0) is 15.0. The number of nitrogens with one attached hydrogen (secondary N) is 1. The summed E-state index contributed by atoms with van der Waals surface area (Å²) < 4.78 is 42.4. The van der Waals surface area contributed by atoms with Crippen LogP contribution in [0, 0.1) is 0 Å². The van der Waals surface area contributed by atoms with Crippen LogP contribution >= 0.6 is 11.3 Å². The van der Waals surface area contributed by atoms with E-state index >= 15 is 0 Å². The van der Waals surface area contributed by atoms with Gasteiger partial charge in [0.25, 0.3) is 5.91 Å². The van der Waals surface area contributed by atoms with Crippen LogP contribution in [0.15, 0.2) is 29.1 Å². The molecule has 0 unspecified atom stereocenters. The van der Waals surface area contributed by atoms with Crippen LogP contribution < -0.4 is 5.32 Å². The summed E-state index contributed by atoms with van der Waals surface area (Å²) in [6.07, 6.45) is -2.28. The van der Waals surface area contributed by atoms with Crippen molar-refractivity contribution in [3.63, 3.8) is 0 Å². The molecule has 6 nitrogen and oxygen atoms in total. The van der Waals surface area contributed by atoms with Crippen LogP contribution in [-0.2, 0) is 6.18 Å². The number of alkyl halides is 3. The maximum absolute atomic E-state index is 12.6. The van der Waals surface area contributed by atoms with E-state index in [-0.39, 0.29) is 21.0 Å². The Bertz CT molecular complexity index is 798. The molecule has 21 heavy (non-hydrogen) atoms. The van der Waals surface area contributed by atoms with Gasteiger partial charge in [0.15, 0.2) is 10.8 Å². The van der Waals surface area contributed by atoms with Gasteiger partial charge >= 0.3 is 6.18 Å². The van der Waals surface area contributed by atoms with Gasteiger partial charge in [0, 0.05) is 6.07 Å². The molecule has 0 atom stereocenters. The van der Waals surface area contributed by atoms with E-state index in [0.29, 0.717) is 0 Å². The minimum absolute atomic E-state index is 0.0448. The van der Waals surface area contributed by atoms with E-state index in [1.165, 1.54) is 12.3 Å². The predicted molar refractivity (Wildman–Crippen MR) is 66.9 cm³/mol. The molecule has 3 heterocycles. The van der Waals surface area contributed by atoms with Crippen LogP contribution in [0.2, 0.25) is 0 Å². The third-order valence-corrected chi connectivity index (χ3v) is 3.39. The van der Waals surface area contributed by atoms with E-state index in [1.54, 1.807) is 0 Å². The lowest BCUT2D eigenvalue weighted by Gasteiger charge is -2.03. The van der Waals surface area contributed by atoms with Crippen molar-refractivity contribution < 1.29 is 22.5 Å². The second-order valence-electron chi connectivity index (χ2n) is 3.89. The van der Waals surface area contributed by atoms with E-state index in [9.17, 15) is 18.0 Å². The smallest absolute Gasteiger partial charge is 0.364 e. The van der Waals surface area contributed by atoms with Crippen molar-refractivity contribution in [2.75, 3.05) is 5.32 Å². The Kier molecular flexibility index (Phi) is 3.09. The SMILES string of the molecule is O=C(Nc1nc2cnc(C(F)(F)F)cc2s1)c1ccon1. The molecule has 1 amide bonds. The summed E-state index contributed by atoms with van der Waals surface area (Å²) in [5.41, 5.74) is -0.695. The number of pyridine rings is 1. The lowest BCUT2D eigenvalue weighted by atomic mass is 10.3. The molecule has 0 radical (unpaired) electrons. The number of aromatic nitrogens is 3. The number of fused-ring (bicyclic) bond motifs is 1. The first-order chi connectivity index (χ1) is 9.93. The highest BCUT2D eigenvalue weighted by molar-refractivity contribution is 7.22. The van der Waals surface area contributed by atoms with Gasteiger partial charge in [-0.2, -0.15) is 13.2 Å². The topological polar surface area (TPSA) is 80.9 Å². The zero-order valence-corrected chi connectivity index (χ0v) is 10.8. The Hall–Kier alpha value is -2.49. The van der Waals surface area contributed by atoms with Crippen LogP contribution in [0.5, 0.6) is 0 Å². The molecule has 0 spiro atoms. The fourth-order valence-corrected chi connectivity index (χ4v) is 2.40. The zero-order valence-electron chi connectivity index (χ0n) is 10.0. The van der Waals surface area contributed by atoms with E-state index in [1.807, 2.05) is 0 Å². The van der Waals surface area contributed by atoms with Crippen molar-refractivity contribution in [3.05, 3.63) is 36.0 Å². The molecule has 3 aromatic rings. The molecule has 1 N–H and O–H groups in total. The van der Waals surface area contributed by atoms with Crippen LogP contribution in [0.3, 0.4) is 0 Å². The molecule has 0 aliphatic heterocycles.